The number of rotatable bonds is 6. The Morgan fingerprint density at radius 2 is 1.96 bits per heavy atom. The van der Waals surface area contributed by atoms with E-state index >= 15 is 0 Å². The van der Waals surface area contributed by atoms with Gasteiger partial charge < -0.3 is 19.3 Å². The van der Waals surface area contributed by atoms with Crippen LogP contribution in [-0.2, 0) is 11.2 Å². The molecule has 0 bridgehead atoms. The molecule has 1 aliphatic heterocycles. The Balaban J connectivity index is 1.60. The Hall–Kier alpha value is -2.69. The van der Waals surface area contributed by atoms with Crippen LogP contribution < -0.4 is 14.4 Å². The molecule has 0 spiro atoms. The largest absolute Gasteiger partial charge is 0.497 e. The van der Waals surface area contributed by atoms with Crippen molar-refractivity contribution in [2.45, 2.75) is 19.4 Å². The Labute approximate surface area is 155 Å². The third-order valence-electron chi connectivity index (χ3n) is 4.72. The maximum Gasteiger partial charge on any atom is 0.226 e. The molecule has 0 saturated heterocycles. The smallest absolute Gasteiger partial charge is 0.226 e. The van der Waals surface area contributed by atoms with E-state index in [1.807, 2.05) is 49.5 Å². The van der Waals surface area contributed by atoms with Crippen molar-refractivity contribution in [3.05, 3.63) is 54.1 Å². The molecule has 2 aromatic rings. The Morgan fingerprint density at radius 3 is 2.65 bits per heavy atom. The summed E-state index contributed by atoms with van der Waals surface area (Å²) in [5.41, 5.74) is 2.10. The second-order valence-electron chi connectivity index (χ2n) is 6.55. The summed E-state index contributed by atoms with van der Waals surface area (Å²) in [5.74, 6) is 1.77. The van der Waals surface area contributed by atoms with Gasteiger partial charge in [0.05, 0.1) is 32.3 Å². The molecule has 1 heterocycles. The Kier molecular flexibility index (Phi) is 5.66. The molecule has 138 valence electrons. The fourth-order valence-electron chi connectivity index (χ4n) is 3.23. The second kappa shape index (κ2) is 8.13. The van der Waals surface area contributed by atoms with E-state index in [-0.39, 0.29) is 12.0 Å². The minimum atomic E-state index is -0.0327. The maximum absolute atomic E-state index is 12.6. The molecule has 5 nitrogen and oxygen atoms in total. The summed E-state index contributed by atoms with van der Waals surface area (Å²) >= 11 is 0. The number of fused-ring (bicyclic) bond motifs is 1. The van der Waals surface area contributed by atoms with Crippen molar-refractivity contribution in [3.63, 3.8) is 0 Å². The van der Waals surface area contributed by atoms with Gasteiger partial charge in [0.1, 0.15) is 17.6 Å². The summed E-state index contributed by atoms with van der Waals surface area (Å²) in [6.45, 7) is 4.41. The van der Waals surface area contributed by atoms with Crippen molar-refractivity contribution in [1.29, 1.82) is 0 Å². The lowest BCUT2D eigenvalue weighted by Crippen LogP contribution is -2.47. The fraction of sp³-hybridized carbons (Fsp3) is 0.381. The van der Waals surface area contributed by atoms with E-state index in [9.17, 15) is 4.79 Å². The van der Waals surface area contributed by atoms with E-state index in [2.05, 4.69) is 17.9 Å². The summed E-state index contributed by atoms with van der Waals surface area (Å²) in [6, 6.07) is 15.7. The van der Waals surface area contributed by atoms with Crippen molar-refractivity contribution >= 4 is 11.6 Å². The SMILES string of the molecule is CCN1C[C@H](CN(C)C(=O)Cc2ccc(OC)cc2)Oc2ccccc21. The van der Waals surface area contributed by atoms with Gasteiger partial charge >= 0.3 is 0 Å². The number of carbonyl (C=O) groups is 1. The predicted molar refractivity (Wildman–Crippen MR) is 103 cm³/mol. The molecule has 1 atom stereocenters. The molecular formula is C21H26N2O3. The van der Waals surface area contributed by atoms with Crippen LogP contribution in [0.1, 0.15) is 12.5 Å². The second-order valence-corrected chi connectivity index (χ2v) is 6.55. The van der Waals surface area contributed by atoms with Gasteiger partial charge in [-0.15, -0.1) is 0 Å². The lowest BCUT2D eigenvalue weighted by molar-refractivity contribution is -0.130. The number of anilines is 1. The topological polar surface area (TPSA) is 42.0 Å². The molecule has 0 unspecified atom stereocenters. The van der Waals surface area contributed by atoms with Crippen LogP contribution in [0.15, 0.2) is 48.5 Å². The van der Waals surface area contributed by atoms with Gasteiger partial charge in [-0.2, -0.15) is 0 Å². The van der Waals surface area contributed by atoms with E-state index in [1.54, 1.807) is 12.0 Å². The number of benzene rings is 2. The van der Waals surface area contributed by atoms with Crippen molar-refractivity contribution in [2.24, 2.45) is 0 Å². The molecule has 2 aromatic carbocycles. The number of methoxy groups -OCH3 is 1. The van der Waals surface area contributed by atoms with Crippen LogP contribution in [-0.4, -0.2) is 50.7 Å². The molecule has 3 rings (SSSR count). The zero-order valence-electron chi connectivity index (χ0n) is 15.6. The summed E-state index contributed by atoms with van der Waals surface area (Å²) < 4.78 is 11.3. The molecule has 1 amide bonds. The number of amides is 1. The van der Waals surface area contributed by atoms with Crippen molar-refractivity contribution in [2.75, 3.05) is 38.7 Å². The molecular weight excluding hydrogens is 328 g/mol. The molecule has 0 aliphatic carbocycles. The average molecular weight is 354 g/mol. The summed E-state index contributed by atoms with van der Waals surface area (Å²) in [4.78, 5) is 16.6. The van der Waals surface area contributed by atoms with Crippen molar-refractivity contribution < 1.29 is 14.3 Å². The number of likely N-dealkylation sites (N-methyl/N-ethyl adjacent to an activating group) is 2. The first-order valence-electron chi connectivity index (χ1n) is 8.98. The lowest BCUT2D eigenvalue weighted by Gasteiger charge is -2.37. The molecule has 0 fully saturated rings. The van der Waals surface area contributed by atoms with Crippen LogP contribution in [0.2, 0.25) is 0 Å². The first kappa shape index (κ1) is 18.1. The highest BCUT2D eigenvalue weighted by Gasteiger charge is 2.26. The molecule has 1 aliphatic rings. The number of para-hydroxylation sites is 2. The Morgan fingerprint density at radius 1 is 1.23 bits per heavy atom. The zero-order valence-corrected chi connectivity index (χ0v) is 15.6. The van der Waals surface area contributed by atoms with Gasteiger partial charge in [-0.1, -0.05) is 24.3 Å². The normalized spacial score (nSPS) is 15.8. The standard InChI is InChI=1S/C21H26N2O3/c1-4-23-15-18(26-20-8-6-5-7-19(20)23)14-22(2)21(24)13-16-9-11-17(25-3)12-10-16/h5-12,18H,4,13-15H2,1-3H3/t18-/m0/s1. The zero-order chi connectivity index (χ0) is 18.5. The quantitative estimate of drug-likeness (QED) is 0.800. The van der Waals surface area contributed by atoms with E-state index in [0.717, 1.165) is 35.8 Å². The minimum absolute atomic E-state index is 0.0327. The molecule has 5 heteroatoms. The van der Waals surface area contributed by atoms with Crippen LogP contribution in [0, 0.1) is 0 Å². The van der Waals surface area contributed by atoms with Crippen LogP contribution in [0.25, 0.3) is 0 Å². The van der Waals surface area contributed by atoms with Gasteiger partial charge in [0.2, 0.25) is 5.91 Å². The monoisotopic (exact) mass is 354 g/mol. The van der Waals surface area contributed by atoms with Crippen molar-refractivity contribution in [3.8, 4) is 11.5 Å². The molecule has 26 heavy (non-hydrogen) atoms. The number of carbonyl (C=O) groups excluding carboxylic acids is 1. The third kappa shape index (κ3) is 4.10. The fourth-order valence-corrected chi connectivity index (χ4v) is 3.23. The first-order chi connectivity index (χ1) is 12.6. The van der Waals surface area contributed by atoms with Gasteiger partial charge in [0.15, 0.2) is 0 Å². The summed E-state index contributed by atoms with van der Waals surface area (Å²) in [5, 5.41) is 0. The lowest BCUT2D eigenvalue weighted by atomic mass is 10.1. The van der Waals surface area contributed by atoms with E-state index < -0.39 is 0 Å². The van der Waals surface area contributed by atoms with E-state index in [0.29, 0.717) is 13.0 Å². The van der Waals surface area contributed by atoms with Gasteiger partial charge in [-0.05, 0) is 36.8 Å². The summed E-state index contributed by atoms with van der Waals surface area (Å²) in [7, 11) is 3.47. The van der Waals surface area contributed by atoms with Crippen LogP contribution in [0.5, 0.6) is 11.5 Å². The van der Waals surface area contributed by atoms with Crippen LogP contribution in [0.4, 0.5) is 5.69 Å². The minimum Gasteiger partial charge on any atom is -0.497 e. The number of hydrogen-bond donors (Lipinski definition) is 0. The first-order valence-corrected chi connectivity index (χ1v) is 8.98. The molecule has 0 saturated carbocycles. The number of hydrogen-bond acceptors (Lipinski definition) is 4. The van der Waals surface area contributed by atoms with Gasteiger partial charge in [-0.25, -0.2) is 0 Å². The number of nitrogens with zero attached hydrogens (tertiary/aromatic N) is 2. The van der Waals surface area contributed by atoms with Gasteiger partial charge in [-0.3, -0.25) is 4.79 Å². The van der Waals surface area contributed by atoms with Gasteiger partial charge in [0, 0.05) is 13.6 Å². The molecule has 0 radical (unpaired) electrons. The highest BCUT2D eigenvalue weighted by Crippen LogP contribution is 2.32. The maximum atomic E-state index is 12.6. The van der Waals surface area contributed by atoms with Crippen LogP contribution in [0.3, 0.4) is 0 Å². The summed E-state index contributed by atoms with van der Waals surface area (Å²) in [6.07, 6.45) is 0.344. The van der Waals surface area contributed by atoms with E-state index in [1.165, 1.54) is 0 Å². The predicted octanol–water partition coefficient (Wildman–Crippen LogP) is 2.98. The Bertz CT molecular complexity index is 745. The molecule has 0 N–H and O–H groups in total. The average Bonchev–Trinajstić information content (AvgIpc) is 2.67. The van der Waals surface area contributed by atoms with Crippen molar-refractivity contribution in [1.82, 2.24) is 4.90 Å². The van der Waals surface area contributed by atoms with Crippen LogP contribution >= 0.6 is 0 Å². The highest BCUT2D eigenvalue weighted by molar-refractivity contribution is 5.78. The number of ether oxygens (including phenoxy) is 2. The third-order valence-corrected chi connectivity index (χ3v) is 4.72. The van der Waals surface area contributed by atoms with E-state index in [4.69, 9.17) is 9.47 Å². The van der Waals surface area contributed by atoms with Gasteiger partial charge in [0.25, 0.3) is 0 Å². The highest BCUT2D eigenvalue weighted by atomic mass is 16.5. The molecule has 0 aromatic heterocycles.